The third kappa shape index (κ3) is 6.05. The molecule has 208 valence electrons. The fourth-order valence-electron chi connectivity index (χ4n) is 4.64. The molecule has 5 rings (SSSR count). The smallest absolute Gasteiger partial charge is 0.297 e. The molecule has 1 aliphatic heterocycles. The average molecular weight is 545 g/mol. The van der Waals surface area contributed by atoms with Crippen LogP contribution in [0.2, 0.25) is 0 Å². The van der Waals surface area contributed by atoms with Crippen LogP contribution in [-0.2, 0) is 14.9 Å². The van der Waals surface area contributed by atoms with Crippen molar-refractivity contribution in [3.63, 3.8) is 0 Å². The Morgan fingerprint density at radius 1 is 1.00 bits per heavy atom. The predicted molar refractivity (Wildman–Crippen MR) is 152 cm³/mol. The monoisotopic (exact) mass is 544 g/mol. The highest BCUT2D eigenvalue weighted by atomic mass is 19.1. The molecule has 40 heavy (non-hydrogen) atoms. The van der Waals surface area contributed by atoms with E-state index in [1.165, 1.54) is 16.8 Å². The van der Waals surface area contributed by atoms with Crippen molar-refractivity contribution < 1.29 is 23.5 Å². The zero-order chi connectivity index (χ0) is 28.3. The summed E-state index contributed by atoms with van der Waals surface area (Å²) in [5, 5.41) is 8.69. The first-order valence-electron chi connectivity index (χ1n) is 13.4. The fourth-order valence-corrected chi connectivity index (χ4v) is 4.64. The van der Waals surface area contributed by atoms with Gasteiger partial charge in [0.2, 0.25) is 0 Å². The van der Waals surface area contributed by atoms with Crippen molar-refractivity contribution in [2.45, 2.75) is 26.2 Å². The van der Waals surface area contributed by atoms with E-state index in [1.54, 1.807) is 36.4 Å². The van der Waals surface area contributed by atoms with Gasteiger partial charge in [0.15, 0.2) is 0 Å². The Kier molecular flexibility index (Phi) is 7.95. The summed E-state index contributed by atoms with van der Waals surface area (Å²) >= 11 is 0. The Bertz CT molecular complexity index is 1540. The summed E-state index contributed by atoms with van der Waals surface area (Å²) in [5.41, 5.74) is 1.04. The molecular weight excluding hydrogens is 511 g/mol. The molecule has 1 fully saturated rings. The second-order valence-corrected chi connectivity index (χ2v) is 10.8. The molecule has 0 bridgehead atoms. The normalized spacial score (nSPS) is 14.3. The van der Waals surface area contributed by atoms with E-state index in [2.05, 4.69) is 15.3 Å². The highest BCUT2D eigenvalue weighted by Gasteiger charge is 2.25. The SMILES string of the molecule is CC(C)(C)c1cc(NC(=O)C(=O)c2ccc(OCCN3CCOCC3)c3ccccc23)n(-c2cccc(F)c2)n1. The van der Waals surface area contributed by atoms with Crippen LogP contribution in [0.3, 0.4) is 0 Å². The number of carbonyl (C=O) groups is 2. The fraction of sp³-hybridized carbons (Fsp3) is 0.323. The molecule has 2 heterocycles. The number of nitrogens with zero attached hydrogens (tertiary/aromatic N) is 3. The molecule has 9 heteroatoms. The number of hydrogen-bond acceptors (Lipinski definition) is 6. The molecule has 0 saturated carbocycles. The predicted octanol–water partition coefficient (Wildman–Crippen LogP) is 4.99. The Labute approximate surface area is 232 Å². The van der Waals surface area contributed by atoms with Gasteiger partial charge in [-0.15, -0.1) is 0 Å². The van der Waals surface area contributed by atoms with E-state index in [1.807, 2.05) is 39.0 Å². The number of nitrogens with one attached hydrogen (secondary N) is 1. The zero-order valence-electron chi connectivity index (χ0n) is 22.9. The van der Waals surface area contributed by atoms with Gasteiger partial charge in [-0.3, -0.25) is 14.5 Å². The van der Waals surface area contributed by atoms with E-state index < -0.39 is 17.5 Å². The molecule has 0 unspecified atom stereocenters. The summed E-state index contributed by atoms with van der Waals surface area (Å²) in [6, 6.07) is 18.3. The minimum atomic E-state index is -0.816. The molecule has 0 atom stereocenters. The van der Waals surface area contributed by atoms with Crippen LogP contribution in [0.15, 0.2) is 66.7 Å². The van der Waals surface area contributed by atoms with E-state index in [9.17, 15) is 14.0 Å². The Morgan fingerprint density at radius 3 is 2.48 bits per heavy atom. The lowest BCUT2D eigenvalue weighted by atomic mass is 9.92. The van der Waals surface area contributed by atoms with Crippen LogP contribution in [0.25, 0.3) is 16.5 Å². The minimum Gasteiger partial charge on any atom is -0.492 e. The van der Waals surface area contributed by atoms with Crippen molar-refractivity contribution in [1.29, 1.82) is 0 Å². The number of fused-ring (bicyclic) bond motifs is 1. The van der Waals surface area contributed by atoms with Crippen LogP contribution < -0.4 is 10.1 Å². The Hall–Kier alpha value is -4.08. The van der Waals surface area contributed by atoms with E-state index >= 15 is 0 Å². The number of carbonyl (C=O) groups excluding carboxylic acids is 2. The van der Waals surface area contributed by atoms with Gasteiger partial charge in [0, 0.05) is 42.1 Å². The third-order valence-electron chi connectivity index (χ3n) is 6.88. The molecule has 3 aromatic carbocycles. The molecule has 8 nitrogen and oxygen atoms in total. The lowest BCUT2D eigenvalue weighted by Gasteiger charge is -2.26. The topological polar surface area (TPSA) is 85.7 Å². The van der Waals surface area contributed by atoms with Crippen LogP contribution in [0, 0.1) is 5.82 Å². The van der Waals surface area contributed by atoms with Gasteiger partial charge >= 0.3 is 0 Å². The van der Waals surface area contributed by atoms with Crippen LogP contribution in [-0.4, -0.2) is 65.8 Å². The van der Waals surface area contributed by atoms with Gasteiger partial charge in [-0.25, -0.2) is 9.07 Å². The molecule has 1 saturated heterocycles. The molecular formula is C31H33FN4O4. The minimum absolute atomic E-state index is 0.265. The lowest BCUT2D eigenvalue weighted by Crippen LogP contribution is -2.38. The number of ketones is 1. The lowest BCUT2D eigenvalue weighted by molar-refractivity contribution is -0.112. The quantitative estimate of drug-likeness (QED) is 0.248. The van der Waals surface area contributed by atoms with Gasteiger partial charge in [-0.05, 0) is 35.7 Å². The summed E-state index contributed by atoms with van der Waals surface area (Å²) in [6.45, 7) is 10.4. The third-order valence-corrected chi connectivity index (χ3v) is 6.88. The first kappa shape index (κ1) is 27.5. The number of aromatic nitrogens is 2. The van der Waals surface area contributed by atoms with Crippen LogP contribution in [0.4, 0.5) is 10.2 Å². The van der Waals surface area contributed by atoms with Crippen molar-refractivity contribution in [3.8, 4) is 11.4 Å². The first-order valence-corrected chi connectivity index (χ1v) is 13.4. The maximum absolute atomic E-state index is 14.0. The van der Waals surface area contributed by atoms with Crippen molar-refractivity contribution in [2.24, 2.45) is 0 Å². The molecule has 0 aliphatic carbocycles. The largest absolute Gasteiger partial charge is 0.492 e. The van der Waals surface area contributed by atoms with Crippen LogP contribution in [0.5, 0.6) is 5.75 Å². The second kappa shape index (κ2) is 11.6. The molecule has 1 N–H and O–H groups in total. The van der Waals surface area contributed by atoms with E-state index in [4.69, 9.17) is 9.47 Å². The molecule has 0 radical (unpaired) electrons. The summed E-state index contributed by atoms with van der Waals surface area (Å²) in [4.78, 5) is 29.0. The van der Waals surface area contributed by atoms with Gasteiger partial charge in [0.05, 0.1) is 24.6 Å². The standard InChI is InChI=1S/C31H33FN4O4/c1-31(2,3)27-20-28(36(34-27)22-8-6-7-21(32)19-22)33-30(38)29(37)25-11-12-26(24-10-5-4-9-23(24)25)40-18-15-35-13-16-39-17-14-35/h4-12,19-20H,13-18H2,1-3H3,(H,33,38). The number of morpholine rings is 1. The summed E-state index contributed by atoms with van der Waals surface area (Å²) in [6.07, 6.45) is 0. The number of benzene rings is 3. The number of anilines is 1. The highest BCUT2D eigenvalue weighted by Crippen LogP contribution is 2.30. The van der Waals surface area contributed by atoms with Crippen molar-refractivity contribution >= 4 is 28.3 Å². The Balaban J connectivity index is 1.38. The van der Waals surface area contributed by atoms with Gasteiger partial charge < -0.3 is 14.8 Å². The van der Waals surface area contributed by atoms with Gasteiger partial charge in [0.25, 0.3) is 11.7 Å². The van der Waals surface area contributed by atoms with E-state index in [0.717, 1.165) is 38.2 Å². The number of halogens is 1. The van der Waals surface area contributed by atoms with Gasteiger partial charge in [-0.2, -0.15) is 5.10 Å². The number of rotatable bonds is 8. The summed E-state index contributed by atoms with van der Waals surface area (Å²) in [7, 11) is 0. The number of ether oxygens (including phenoxy) is 2. The number of amides is 1. The first-order chi connectivity index (χ1) is 19.2. The van der Waals surface area contributed by atoms with E-state index in [-0.39, 0.29) is 16.8 Å². The van der Waals surface area contributed by atoms with Crippen LogP contribution >= 0.6 is 0 Å². The Morgan fingerprint density at radius 2 is 1.75 bits per heavy atom. The second-order valence-electron chi connectivity index (χ2n) is 10.8. The maximum atomic E-state index is 14.0. The molecule has 0 spiro atoms. The number of hydrogen-bond donors (Lipinski definition) is 1. The summed E-state index contributed by atoms with van der Waals surface area (Å²) < 4.78 is 26.9. The zero-order valence-corrected chi connectivity index (χ0v) is 22.9. The maximum Gasteiger partial charge on any atom is 0.297 e. The van der Waals surface area contributed by atoms with Gasteiger partial charge in [-0.1, -0.05) is 51.1 Å². The summed E-state index contributed by atoms with van der Waals surface area (Å²) in [5.74, 6) is -1.01. The van der Waals surface area contributed by atoms with Gasteiger partial charge in [0.1, 0.15) is 24.0 Å². The molecule has 1 amide bonds. The molecule has 4 aromatic rings. The highest BCUT2D eigenvalue weighted by molar-refractivity contribution is 6.48. The number of Topliss-reactive ketones (excluding diaryl/α,β-unsaturated/α-hetero) is 1. The van der Waals surface area contributed by atoms with Crippen LogP contribution in [0.1, 0.15) is 36.8 Å². The molecule has 1 aliphatic rings. The van der Waals surface area contributed by atoms with Crippen molar-refractivity contribution in [2.75, 3.05) is 44.8 Å². The molecule has 1 aromatic heterocycles. The van der Waals surface area contributed by atoms with E-state index in [0.29, 0.717) is 29.1 Å². The van der Waals surface area contributed by atoms with Crippen molar-refractivity contribution in [1.82, 2.24) is 14.7 Å². The average Bonchev–Trinajstić information content (AvgIpc) is 3.38. The van der Waals surface area contributed by atoms with Crippen molar-refractivity contribution in [3.05, 3.63) is 83.8 Å².